The first kappa shape index (κ1) is 15.5. The number of nitrogens with one attached hydrogen (secondary N) is 1. The van der Waals surface area contributed by atoms with Crippen LogP contribution in [0.15, 0.2) is 18.3 Å². The van der Waals surface area contributed by atoms with Gasteiger partial charge < -0.3 is 5.32 Å². The van der Waals surface area contributed by atoms with Crippen molar-refractivity contribution in [2.45, 2.75) is 65.2 Å². The second kappa shape index (κ2) is 6.23. The Morgan fingerprint density at radius 1 is 1.35 bits per heavy atom. The topological polar surface area (TPSA) is 28.2 Å². The molecule has 1 aromatic heterocycles. The number of aromatic nitrogens is 1. The molecule has 1 N–H and O–H groups in total. The smallest absolute Gasteiger partial charge is 0.0544 e. The van der Waals surface area contributed by atoms with E-state index in [4.69, 9.17) is 0 Å². The largest absolute Gasteiger partial charge is 0.308 e. The lowest BCUT2D eigenvalue weighted by atomic mass is 10.1. The second-order valence-corrected chi connectivity index (χ2v) is 7.25. The number of rotatable bonds is 6. The standard InChI is InChI=1S/C17H29N3/c1-13(15-7-8-15)20(5)12-16-9-6-14(10-18-16)11-19-17(2,3)4/h6,9-10,13,15,19H,7-8,11-12H2,1-5H3. The maximum Gasteiger partial charge on any atom is 0.0544 e. The van der Waals surface area contributed by atoms with Gasteiger partial charge in [0.25, 0.3) is 0 Å². The summed E-state index contributed by atoms with van der Waals surface area (Å²) in [6.07, 6.45) is 4.80. The van der Waals surface area contributed by atoms with Gasteiger partial charge in [0.05, 0.1) is 5.69 Å². The van der Waals surface area contributed by atoms with Crippen molar-refractivity contribution in [2.75, 3.05) is 7.05 Å². The van der Waals surface area contributed by atoms with Gasteiger partial charge in [0.1, 0.15) is 0 Å². The number of hydrogen-bond acceptors (Lipinski definition) is 3. The van der Waals surface area contributed by atoms with E-state index in [9.17, 15) is 0 Å². The summed E-state index contributed by atoms with van der Waals surface area (Å²) in [5.41, 5.74) is 2.57. The monoisotopic (exact) mass is 275 g/mol. The molecule has 1 unspecified atom stereocenters. The predicted molar refractivity (Wildman–Crippen MR) is 84.5 cm³/mol. The molecular formula is C17H29N3. The molecule has 0 bridgehead atoms. The molecule has 3 heteroatoms. The Morgan fingerprint density at radius 3 is 2.55 bits per heavy atom. The quantitative estimate of drug-likeness (QED) is 0.864. The second-order valence-electron chi connectivity index (χ2n) is 7.25. The van der Waals surface area contributed by atoms with E-state index in [1.807, 2.05) is 6.20 Å². The SMILES string of the molecule is CC(C1CC1)N(C)Cc1ccc(CNC(C)(C)C)cn1. The van der Waals surface area contributed by atoms with E-state index in [0.29, 0.717) is 6.04 Å². The van der Waals surface area contributed by atoms with Crippen molar-refractivity contribution < 1.29 is 0 Å². The molecule has 0 spiro atoms. The lowest BCUT2D eigenvalue weighted by molar-refractivity contribution is 0.224. The zero-order valence-corrected chi connectivity index (χ0v) is 13.6. The summed E-state index contributed by atoms with van der Waals surface area (Å²) in [4.78, 5) is 7.02. The Morgan fingerprint density at radius 2 is 2.05 bits per heavy atom. The highest BCUT2D eigenvalue weighted by Crippen LogP contribution is 2.34. The van der Waals surface area contributed by atoms with Crippen LogP contribution in [0.4, 0.5) is 0 Å². The van der Waals surface area contributed by atoms with Crippen LogP contribution >= 0.6 is 0 Å². The molecule has 20 heavy (non-hydrogen) atoms. The van der Waals surface area contributed by atoms with Gasteiger partial charge in [-0.05, 0) is 65.1 Å². The zero-order valence-electron chi connectivity index (χ0n) is 13.6. The Labute approximate surface area is 123 Å². The fourth-order valence-electron chi connectivity index (χ4n) is 2.36. The third-order valence-electron chi connectivity index (χ3n) is 4.12. The van der Waals surface area contributed by atoms with Gasteiger partial charge >= 0.3 is 0 Å². The number of hydrogen-bond donors (Lipinski definition) is 1. The molecule has 1 saturated carbocycles. The van der Waals surface area contributed by atoms with Crippen molar-refractivity contribution in [3.8, 4) is 0 Å². The van der Waals surface area contributed by atoms with E-state index in [2.05, 4.69) is 62.1 Å². The van der Waals surface area contributed by atoms with Crippen molar-refractivity contribution in [3.05, 3.63) is 29.6 Å². The first-order valence-electron chi connectivity index (χ1n) is 7.74. The summed E-state index contributed by atoms with van der Waals surface area (Å²) in [5.74, 6) is 0.912. The van der Waals surface area contributed by atoms with Gasteiger partial charge in [-0.1, -0.05) is 6.07 Å². The van der Waals surface area contributed by atoms with E-state index in [0.717, 1.165) is 19.0 Å². The summed E-state index contributed by atoms with van der Waals surface area (Å²) in [6, 6.07) is 5.03. The molecule has 1 aromatic rings. The van der Waals surface area contributed by atoms with Gasteiger partial charge in [-0.2, -0.15) is 0 Å². The molecule has 1 aliphatic carbocycles. The molecule has 1 aliphatic rings. The Hall–Kier alpha value is -0.930. The fourth-order valence-corrected chi connectivity index (χ4v) is 2.36. The van der Waals surface area contributed by atoms with Crippen molar-refractivity contribution in [1.29, 1.82) is 0 Å². The molecule has 112 valence electrons. The first-order valence-corrected chi connectivity index (χ1v) is 7.74. The maximum atomic E-state index is 4.60. The van der Waals surface area contributed by atoms with Crippen LogP contribution in [-0.2, 0) is 13.1 Å². The van der Waals surface area contributed by atoms with Crippen LogP contribution < -0.4 is 5.32 Å². The van der Waals surface area contributed by atoms with Crippen molar-refractivity contribution in [2.24, 2.45) is 5.92 Å². The van der Waals surface area contributed by atoms with Gasteiger partial charge in [-0.3, -0.25) is 9.88 Å². The molecule has 0 radical (unpaired) electrons. The van der Waals surface area contributed by atoms with E-state index in [-0.39, 0.29) is 5.54 Å². The fraction of sp³-hybridized carbons (Fsp3) is 0.706. The van der Waals surface area contributed by atoms with Crippen LogP contribution in [0.25, 0.3) is 0 Å². The summed E-state index contributed by atoms with van der Waals surface area (Å²) < 4.78 is 0. The minimum atomic E-state index is 0.151. The normalized spacial score (nSPS) is 17.5. The molecule has 0 amide bonds. The summed E-state index contributed by atoms with van der Waals surface area (Å²) in [7, 11) is 2.21. The van der Waals surface area contributed by atoms with E-state index < -0.39 is 0 Å². The van der Waals surface area contributed by atoms with Gasteiger partial charge in [0, 0.05) is 30.9 Å². The van der Waals surface area contributed by atoms with Gasteiger partial charge in [0.15, 0.2) is 0 Å². The lowest BCUT2D eigenvalue weighted by Gasteiger charge is -2.24. The average molecular weight is 275 g/mol. The van der Waals surface area contributed by atoms with Gasteiger partial charge in [-0.15, -0.1) is 0 Å². The van der Waals surface area contributed by atoms with Crippen molar-refractivity contribution in [1.82, 2.24) is 15.2 Å². The minimum Gasteiger partial charge on any atom is -0.308 e. The Kier molecular flexibility index (Phi) is 4.82. The van der Waals surface area contributed by atoms with Crippen LogP contribution in [0.2, 0.25) is 0 Å². The lowest BCUT2D eigenvalue weighted by Crippen LogP contribution is -2.35. The van der Waals surface area contributed by atoms with Crippen molar-refractivity contribution in [3.63, 3.8) is 0 Å². The molecule has 0 aromatic carbocycles. The highest BCUT2D eigenvalue weighted by atomic mass is 15.1. The predicted octanol–water partition coefficient (Wildman–Crippen LogP) is 3.20. The molecular weight excluding hydrogens is 246 g/mol. The molecule has 1 fully saturated rings. The van der Waals surface area contributed by atoms with Crippen LogP contribution in [-0.4, -0.2) is 28.5 Å². The van der Waals surface area contributed by atoms with Crippen LogP contribution in [0.5, 0.6) is 0 Å². The molecule has 1 atom stereocenters. The van der Waals surface area contributed by atoms with E-state index in [1.54, 1.807) is 0 Å². The highest BCUT2D eigenvalue weighted by Gasteiger charge is 2.30. The van der Waals surface area contributed by atoms with Gasteiger partial charge in [0.2, 0.25) is 0 Å². The molecule has 2 rings (SSSR count). The summed E-state index contributed by atoms with van der Waals surface area (Å²) >= 11 is 0. The first-order chi connectivity index (χ1) is 9.35. The molecule has 0 aliphatic heterocycles. The van der Waals surface area contributed by atoms with Crippen LogP contribution in [0.1, 0.15) is 51.8 Å². The van der Waals surface area contributed by atoms with E-state index in [1.165, 1.54) is 24.1 Å². The third kappa shape index (κ3) is 4.88. The van der Waals surface area contributed by atoms with Gasteiger partial charge in [-0.25, -0.2) is 0 Å². The maximum absolute atomic E-state index is 4.60. The summed E-state index contributed by atoms with van der Waals surface area (Å²) in [6.45, 7) is 10.7. The zero-order chi connectivity index (χ0) is 14.8. The average Bonchev–Trinajstić information content (AvgIpc) is 3.20. The summed E-state index contributed by atoms with van der Waals surface area (Å²) in [5, 5.41) is 3.49. The van der Waals surface area contributed by atoms with Crippen molar-refractivity contribution >= 4 is 0 Å². The molecule has 0 saturated heterocycles. The van der Waals surface area contributed by atoms with E-state index >= 15 is 0 Å². The number of nitrogens with zero attached hydrogens (tertiary/aromatic N) is 2. The highest BCUT2D eigenvalue weighted by molar-refractivity contribution is 5.14. The van der Waals surface area contributed by atoms with Crippen LogP contribution in [0.3, 0.4) is 0 Å². The Bertz CT molecular complexity index is 415. The number of pyridine rings is 1. The molecule has 3 nitrogen and oxygen atoms in total. The Balaban J connectivity index is 1.84. The third-order valence-corrected chi connectivity index (χ3v) is 4.12. The molecule has 1 heterocycles. The minimum absolute atomic E-state index is 0.151. The van der Waals surface area contributed by atoms with Crippen LogP contribution in [0, 0.1) is 5.92 Å².